The average Bonchev–Trinajstić information content (AvgIpc) is 2.95. The molecule has 2 heterocycles. The van der Waals surface area contributed by atoms with Crippen LogP contribution in [0.2, 0.25) is 0 Å². The quantitative estimate of drug-likeness (QED) is 0.715. The van der Waals surface area contributed by atoms with Crippen molar-refractivity contribution in [2.75, 3.05) is 0 Å². The van der Waals surface area contributed by atoms with Gasteiger partial charge in [0.2, 0.25) is 0 Å². The van der Waals surface area contributed by atoms with Gasteiger partial charge in [-0.2, -0.15) is 0 Å². The smallest absolute Gasteiger partial charge is 0.151 e. The second-order valence-corrected chi connectivity index (χ2v) is 7.26. The number of thiazole rings is 1. The van der Waals surface area contributed by atoms with Crippen molar-refractivity contribution >= 4 is 33.3 Å². The maximum Gasteiger partial charge on any atom is 0.151 e. The molecule has 0 spiro atoms. The van der Waals surface area contributed by atoms with E-state index in [9.17, 15) is 0 Å². The Bertz CT molecular complexity index is 679. The topological polar surface area (TPSA) is 51.8 Å². The van der Waals surface area contributed by atoms with Crippen molar-refractivity contribution in [3.63, 3.8) is 0 Å². The molecule has 108 valence electrons. The van der Waals surface area contributed by atoms with Crippen molar-refractivity contribution in [1.82, 2.24) is 9.97 Å². The van der Waals surface area contributed by atoms with Crippen LogP contribution in [0.5, 0.6) is 0 Å². The molecule has 3 nitrogen and oxygen atoms in total. The van der Waals surface area contributed by atoms with Crippen molar-refractivity contribution in [3.05, 3.63) is 54.4 Å². The minimum Gasteiger partial charge on any atom is -0.326 e. The number of para-hydroxylation sites is 1. The largest absolute Gasteiger partial charge is 0.326 e. The fraction of sp³-hybridized carbons (Fsp3) is 0.250. The number of hydrogen-bond acceptors (Lipinski definition) is 5. The molecule has 0 aliphatic heterocycles. The molecular formula is C16H17N3S2. The van der Waals surface area contributed by atoms with Crippen LogP contribution in [0, 0.1) is 0 Å². The zero-order valence-corrected chi connectivity index (χ0v) is 13.4. The zero-order valence-electron chi connectivity index (χ0n) is 11.8. The number of nitrogens with zero attached hydrogens (tertiary/aromatic N) is 2. The number of rotatable bonds is 5. The van der Waals surface area contributed by atoms with E-state index in [1.54, 1.807) is 23.1 Å². The first-order chi connectivity index (χ1) is 10.3. The highest BCUT2D eigenvalue weighted by atomic mass is 32.2. The first-order valence-corrected chi connectivity index (χ1v) is 8.65. The Morgan fingerprint density at radius 3 is 2.67 bits per heavy atom. The van der Waals surface area contributed by atoms with E-state index < -0.39 is 0 Å². The van der Waals surface area contributed by atoms with Crippen molar-refractivity contribution in [1.29, 1.82) is 0 Å². The normalized spacial score (nSPS) is 14.2. The van der Waals surface area contributed by atoms with E-state index in [0.29, 0.717) is 0 Å². The lowest BCUT2D eigenvalue weighted by Crippen LogP contribution is -2.25. The lowest BCUT2D eigenvalue weighted by atomic mass is 10.1. The van der Waals surface area contributed by atoms with Crippen molar-refractivity contribution in [2.45, 2.75) is 29.0 Å². The summed E-state index contributed by atoms with van der Waals surface area (Å²) in [6, 6.07) is 12.4. The summed E-state index contributed by atoms with van der Waals surface area (Å²) in [6.45, 7) is 2.12. The maximum absolute atomic E-state index is 6.33. The van der Waals surface area contributed by atoms with Gasteiger partial charge in [0.05, 0.1) is 15.5 Å². The zero-order chi connectivity index (χ0) is 14.7. The van der Waals surface area contributed by atoms with E-state index >= 15 is 0 Å². The Morgan fingerprint density at radius 1 is 1.19 bits per heavy atom. The second-order valence-electron chi connectivity index (χ2n) is 4.84. The molecule has 2 unspecified atom stereocenters. The first-order valence-electron chi connectivity index (χ1n) is 6.95. The molecule has 2 N–H and O–H groups in total. The number of aromatic nitrogens is 2. The highest BCUT2D eigenvalue weighted by Crippen LogP contribution is 2.41. The molecule has 0 aliphatic carbocycles. The summed E-state index contributed by atoms with van der Waals surface area (Å²) in [5.74, 6) is 0. The molecule has 5 heteroatoms. The van der Waals surface area contributed by atoms with Crippen molar-refractivity contribution in [2.24, 2.45) is 5.73 Å². The number of pyridine rings is 1. The van der Waals surface area contributed by atoms with Gasteiger partial charge in [0.15, 0.2) is 4.34 Å². The number of fused-ring (bicyclic) bond motifs is 1. The second kappa shape index (κ2) is 6.56. The summed E-state index contributed by atoms with van der Waals surface area (Å²) in [7, 11) is 0. The Kier molecular flexibility index (Phi) is 4.53. The predicted molar refractivity (Wildman–Crippen MR) is 90.7 cm³/mol. The fourth-order valence-corrected chi connectivity index (χ4v) is 4.68. The summed E-state index contributed by atoms with van der Waals surface area (Å²) >= 11 is 3.48. The number of benzene rings is 1. The van der Waals surface area contributed by atoms with E-state index in [4.69, 9.17) is 10.7 Å². The van der Waals surface area contributed by atoms with Crippen LogP contribution in [0.15, 0.2) is 53.1 Å². The van der Waals surface area contributed by atoms with Crippen molar-refractivity contribution < 1.29 is 0 Å². The summed E-state index contributed by atoms with van der Waals surface area (Å²) < 4.78 is 2.29. The Balaban J connectivity index is 1.90. The molecule has 3 rings (SSSR count). The summed E-state index contributed by atoms with van der Waals surface area (Å²) in [4.78, 5) is 8.80. The van der Waals surface area contributed by atoms with Gasteiger partial charge in [-0.1, -0.05) is 30.8 Å². The Labute approximate surface area is 132 Å². The third kappa shape index (κ3) is 3.26. The van der Waals surface area contributed by atoms with Gasteiger partial charge in [0.1, 0.15) is 0 Å². The summed E-state index contributed by atoms with van der Waals surface area (Å²) in [6.07, 6.45) is 4.58. The third-order valence-corrected chi connectivity index (χ3v) is 5.94. The monoisotopic (exact) mass is 315 g/mol. The molecular weight excluding hydrogens is 298 g/mol. The van der Waals surface area contributed by atoms with E-state index in [2.05, 4.69) is 24.0 Å². The maximum atomic E-state index is 6.33. The standard InChI is InChI=1S/C16H17N3S2/c1-2-12(17)15(11-7-9-18-10-8-11)21-16-19-13-5-3-4-6-14(13)20-16/h3-10,12,15H,2,17H2,1H3. The van der Waals surface area contributed by atoms with Gasteiger partial charge in [-0.05, 0) is 36.2 Å². The Hall–Kier alpha value is -1.43. The molecule has 2 atom stereocenters. The lowest BCUT2D eigenvalue weighted by molar-refractivity contribution is 0.633. The molecule has 0 saturated heterocycles. The van der Waals surface area contributed by atoms with Gasteiger partial charge < -0.3 is 5.73 Å². The van der Waals surface area contributed by atoms with E-state index in [0.717, 1.165) is 16.3 Å². The fourth-order valence-electron chi connectivity index (χ4n) is 2.18. The van der Waals surface area contributed by atoms with Crippen LogP contribution in [-0.4, -0.2) is 16.0 Å². The number of hydrogen-bond donors (Lipinski definition) is 1. The number of nitrogens with two attached hydrogens (primary N) is 1. The van der Waals surface area contributed by atoms with Gasteiger partial charge in [-0.3, -0.25) is 4.98 Å². The molecule has 0 bridgehead atoms. The van der Waals surface area contributed by atoms with Gasteiger partial charge >= 0.3 is 0 Å². The highest BCUT2D eigenvalue weighted by Gasteiger charge is 2.21. The Morgan fingerprint density at radius 2 is 1.95 bits per heavy atom. The average molecular weight is 315 g/mol. The van der Waals surface area contributed by atoms with Gasteiger partial charge in [-0.15, -0.1) is 11.3 Å². The van der Waals surface area contributed by atoms with Gasteiger partial charge in [-0.25, -0.2) is 4.98 Å². The van der Waals surface area contributed by atoms with Crippen LogP contribution < -0.4 is 5.73 Å². The van der Waals surface area contributed by atoms with E-state index in [1.807, 2.05) is 36.7 Å². The summed E-state index contributed by atoms with van der Waals surface area (Å²) in [5.41, 5.74) is 8.60. The molecule has 0 amide bonds. The van der Waals surface area contributed by atoms with Crippen LogP contribution in [-0.2, 0) is 0 Å². The molecule has 2 aromatic heterocycles. The van der Waals surface area contributed by atoms with Crippen LogP contribution in [0.4, 0.5) is 0 Å². The van der Waals surface area contributed by atoms with Crippen LogP contribution >= 0.6 is 23.1 Å². The summed E-state index contributed by atoms with van der Waals surface area (Å²) in [5, 5.41) is 0.207. The van der Waals surface area contributed by atoms with E-state index in [1.165, 1.54) is 10.3 Å². The van der Waals surface area contributed by atoms with Crippen LogP contribution in [0.3, 0.4) is 0 Å². The van der Waals surface area contributed by atoms with Crippen molar-refractivity contribution in [3.8, 4) is 0 Å². The lowest BCUT2D eigenvalue weighted by Gasteiger charge is -2.21. The highest BCUT2D eigenvalue weighted by molar-refractivity contribution is 8.01. The molecule has 0 fully saturated rings. The third-order valence-electron chi connectivity index (χ3n) is 3.40. The van der Waals surface area contributed by atoms with Crippen LogP contribution in [0.1, 0.15) is 24.2 Å². The van der Waals surface area contributed by atoms with Crippen LogP contribution in [0.25, 0.3) is 10.2 Å². The molecule has 0 saturated carbocycles. The predicted octanol–water partition coefficient (Wildman–Crippen LogP) is 4.26. The first kappa shape index (κ1) is 14.5. The minimum atomic E-state index is 0.101. The van der Waals surface area contributed by atoms with E-state index in [-0.39, 0.29) is 11.3 Å². The molecule has 21 heavy (non-hydrogen) atoms. The van der Waals surface area contributed by atoms with Gasteiger partial charge in [0.25, 0.3) is 0 Å². The molecule has 0 aliphatic rings. The van der Waals surface area contributed by atoms with Gasteiger partial charge in [0, 0.05) is 18.4 Å². The molecule has 1 aromatic carbocycles. The molecule has 3 aromatic rings. The minimum absolute atomic E-state index is 0.101. The number of thioether (sulfide) groups is 1. The SMILES string of the molecule is CCC(N)C(Sc1nc2ccccc2s1)c1ccncc1. The molecule has 0 radical (unpaired) electrons.